The van der Waals surface area contributed by atoms with Gasteiger partial charge in [0.2, 0.25) is 17.8 Å². The summed E-state index contributed by atoms with van der Waals surface area (Å²) < 4.78 is 54.2. The van der Waals surface area contributed by atoms with Gasteiger partial charge in [0.15, 0.2) is 0 Å². The average molecular weight is 752 g/mol. The van der Waals surface area contributed by atoms with Crippen LogP contribution in [0.2, 0.25) is 0 Å². The molecule has 2 aromatic heterocycles. The third-order valence-electron chi connectivity index (χ3n) is 8.46. The predicted molar refractivity (Wildman–Crippen MR) is 206 cm³/mol. The number of alkyl halides is 3. The van der Waals surface area contributed by atoms with Crippen molar-refractivity contribution in [3.05, 3.63) is 84.7 Å². The van der Waals surface area contributed by atoms with Crippen LogP contribution in [0, 0.1) is 0 Å². The molecule has 2 aromatic rings. The van der Waals surface area contributed by atoms with Gasteiger partial charge in [0.05, 0.1) is 44.2 Å². The number of nitrogens with zero attached hydrogens (tertiary/aromatic N) is 5. The second-order valence-electron chi connectivity index (χ2n) is 12.6. The predicted octanol–water partition coefficient (Wildman–Crippen LogP) is 7.21. The third kappa shape index (κ3) is 14.9. The van der Waals surface area contributed by atoms with Crippen molar-refractivity contribution in [2.45, 2.75) is 64.5 Å². The van der Waals surface area contributed by atoms with Gasteiger partial charge in [-0.15, -0.1) is 0 Å². The van der Waals surface area contributed by atoms with Gasteiger partial charge in [0, 0.05) is 50.4 Å². The summed E-state index contributed by atoms with van der Waals surface area (Å²) in [6.07, 6.45) is 23.7. The fraction of sp³-hybridized carbons (Fsp3) is 0.475. The average Bonchev–Trinajstić information content (AvgIpc) is 3.18. The Labute approximate surface area is 316 Å². The van der Waals surface area contributed by atoms with E-state index in [0.717, 1.165) is 44.4 Å². The smallest absolute Gasteiger partial charge is 0.378 e. The minimum atomic E-state index is -4.78. The van der Waals surface area contributed by atoms with E-state index in [4.69, 9.17) is 9.47 Å². The second kappa shape index (κ2) is 23.1. The molecule has 4 rings (SSSR count). The molecule has 0 aliphatic carbocycles. The molecule has 0 aromatic carbocycles. The number of nitrogens with one attached hydrogen (secondary N) is 2. The fourth-order valence-electron chi connectivity index (χ4n) is 5.58. The van der Waals surface area contributed by atoms with Crippen LogP contribution in [0.1, 0.15) is 63.9 Å². The zero-order chi connectivity index (χ0) is 38.4. The Balaban J connectivity index is 1.23. The van der Waals surface area contributed by atoms with Crippen LogP contribution in [0.3, 0.4) is 0 Å². The highest BCUT2D eigenvalue weighted by molar-refractivity contribution is 5.94. The molecule has 0 atom stereocenters. The molecule has 0 saturated carbocycles. The second-order valence-corrected chi connectivity index (χ2v) is 12.6. The van der Waals surface area contributed by atoms with Crippen LogP contribution in [0.25, 0.3) is 11.3 Å². The maximum absolute atomic E-state index is 14.5. The van der Waals surface area contributed by atoms with Crippen molar-refractivity contribution in [3.63, 3.8) is 0 Å². The number of pyridine rings is 1. The number of hydrogen-bond acceptors (Lipinski definition) is 9. The van der Waals surface area contributed by atoms with Crippen molar-refractivity contribution in [1.29, 1.82) is 0 Å². The van der Waals surface area contributed by atoms with Gasteiger partial charge in [-0.05, 0) is 51.0 Å². The number of hydrogen-bond donors (Lipinski definition) is 2. The Kier molecular flexibility index (Phi) is 17.9. The van der Waals surface area contributed by atoms with Crippen LogP contribution in [0.5, 0.6) is 0 Å². The van der Waals surface area contributed by atoms with Crippen LogP contribution in [0.15, 0.2) is 79.1 Å². The van der Waals surface area contributed by atoms with Gasteiger partial charge >= 0.3 is 6.18 Å². The molecule has 292 valence electrons. The van der Waals surface area contributed by atoms with E-state index >= 15 is 0 Å². The molecule has 2 saturated heterocycles. The lowest BCUT2D eigenvalue weighted by Gasteiger charge is -2.31. The number of allylic oxidation sites excluding steroid dienone is 10. The van der Waals surface area contributed by atoms with Crippen molar-refractivity contribution in [1.82, 2.24) is 20.3 Å². The Morgan fingerprint density at radius 3 is 1.94 bits per heavy atom. The molecular formula is C40H52F3N7O4. The first-order chi connectivity index (χ1) is 26.2. The van der Waals surface area contributed by atoms with Gasteiger partial charge < -0.3 is 29.9 Å². The van der Waals surface area contributed by atoms with Crippen molar-refractivity contribution < 1.29 is 32.2 Å². The van der Waals surface area contributed by atoms with Crippen molar-refractivity contribution in [2.24, 2.45) is 0 Å². The van der Waals surface area contributed by atoms with E-state index in [9.17, 15) is 22.8 Å². The summed E-state index contributed by atoms with van der Waals surface area (Å²) >= 11 is 0. The van der Waals surface area contributed by atoms with Crippen molar-refractivity contribution in [3.8, 4) is 11.3 Å². The molecule has 14 heteroatoms. The first-order valence-corrected chi connectivity index (χ1v) is 18.7. The maximum Gasteiger partial charge on any atom is 0.417 e. The van der Waals surface area contributed by atoms with E-state index in [1.165, 1.54) is 6.07 Å². The molecule has 4 heterocycles. The lowest BCUT2D eigenvalue weighted by atomic mass is 10.1. The number of carbonyl (C=O) groups excluding carboxylic acids is 2. The summed E-state index contributed by atoms with van der Waals surface area (Å²) in [7, 11) is 0. The number of aromatic nitrogens is 3. The zero-order valence-electron chi connectivity index (χ0n) is 31.0. The summed E-state index contributed by atoms with van der Waals surface area (Å²) in [6.45, 7) is 5.66. The molecule has 54 heavy (non-hydrogen) atoms. The van der Waals surface area contributed by atoms with Gasteiger partial charge in [-0.3, -0.25) is 9.59 Å². The highest BCUT2D eigenvalue weighted by atomic mass is 19.4. The van der Waals surface area contributed by atoms with Crippen LogP contribution in [-0.4, -0.2) is 85.9 Å². The summed E-state index contributed by atoms with van der Waals surface area (Å²) in [6, 6.07) is 2.31. The normalized spacial score (nSPS) is 15.8. The Morgan fingerprint density at radius 2 is 1.35 bits per heavy atom. The largest absolute Gasteiger partial charge is 0.417 e. The molecular weight excluding hydrogens is 699 g/mol. The third-order valence-corrected chi connectivity index (χ3v) is 8.46. The Morgan fingerprint density at radius 1 is 0.778 bits per heavy atom. The molecule has 2 aliphatic heterocycles. The van der Waals surface area contributed by atoms with Crippen LogP contribution in [0.4, 0.5) is 30.8 Å². The van der Waals surface area contributed by atoms with E-state index in [1.807, 2.05) is 22.0 Å². The van der Waals surface area contributed by atoms with E-state index in [-0.39, 0.29) is 29.4 Å². The number of ether oxygens (including phenoxy) is 2. The summed E-state index contributed by atoms with van der Waals surface area (Å²) in [5.41, 5.74) is -1.19. The lowest BCUT2D eigenvalue weighted by Crippen LogP contribution is -2.39. The van der Waals surface area contributed by atoms with Crippen LogP contribution < -0.4 is 20.4 Å². The summed E-state index contributed by atoms with van der Waals surface area (Å²) in [4.78, 5) is 42.0. The number of carbonyl (C=O) groups is 2. The zero-order valence-corrected chi connectivity index (χ0v) is 31.0. The van der Waals surface area contributed by atoms with Gasteiger partial charge in [-0.2, -0.15) is 18.2 Å². The Hall–Kier alpha value is -4.82. The topological polar surface area (TPSA) is 122 Å². The number of halogens is 3. The number of amides is 2. The quantitative estimate of drug-likeness (QED) is 0.113. The molecule has 2 N–H and O–H groups in total. The highest BCUT2D eigenvalue weighted by Crippen LogP contribution is 2.38. The lowest BCUT2D eigenvalue weighted by molar-refractivity contribution is -0.137. The van der Waals surface area contributed by atoms with Crippen LogP contribution >= 0.6 is 0 Å². The molecule has 0 bridgehead atoms. The van der Waals surface area contributed by atoms with E-state index < -0.39 is 24.2 Å². The Bertz CT molecular complexity index is 1590. The first-order valence-electron chi connectivity index (χ1n) is 18.7. The van der Waals surface area contributed by atoms with Crippen molar-refractivity contribution in [2.75, 3.05) is 74.3 Å². The van der Waals surface area contributed by atoms with Crippen LogP contribution in [-0.2, 0) is 25.2 Å². The molecule has 0 unspecified atom stereocenters. The number of morpholine rings is 2. The highest BCUT2D eigenvalue weighted by Gasteiger charge is 2.35. The molecule has 0 spiro atoms. The number of anilines is 3. The molecule has 0 radical (unpaired) electrons. The minimum absolute atomic E-state index is 0.0579. The standard InChI is InChI=1S/C40H52F3N7O4/c1-2-3-4-5-6-7-8-9-10-11-12-13-14-15-16-17-18-19-37(51)45-31-38(52)47-35-28-33(40(41,42)43)32(30-44-35)34-29-36(49-20-24-53-25-21-49)48-39(46-34)50-22-26-54-27-23-50/h3-4,6-7,9-10,12-13,15-16,28-30H,2,5,8,11,14,17-27,31H2,1H3,(H,45,51)(H,44,47,52). The van der Waals surface area contributed by atoms with Gasteiger partial charge in [-0.1, -0.05) is 67.7 Å². The molecule has 2 fully saturated rings. The maximum atomic E-state index is 14.5. The number of rotatable bonds is 19. The van der Waals surface area contributed by atoms with Gasteiger partial charge in [-0.25, -0.2) is 9.97 Å². The van der Waals surface area contributed by atoms with Crippen molar-refractivity contribution >= 4 is 29.4 Å². The van der Waals surface area contributed by atoms with E-state index in [1.54, 1.807) is 0 Å². The van der Waals surface area contributed by atoms with Gasteiger partial charge in [0.1, 0.15) is 11.6 Å². The SMILES string of the molecule is CCC=CCC=CCC=CCC=CCC=CCCCC(=O)NCC(=O)Nc1cc(C(F)(F)F)c(-c2cc(N3CCOCC3)nc(N3CCOCC3)n2)cn1. The fourth-order valence-corrected chi connectivity index (χ4v) is 5.58. The summed E-state index contributed by atoms with van der Waals surface area (Å²) in [5, 5.41) is 4.89. The molecule has 2 amide bonds. The molecule has 11 nitrogen and oxygen atoms in total. The molecule has 2 aliphatic rings. The van der Waals surface area contributed by atoms with Gasteiger partial charge in [0.25, 0.3) is 0 Å². The van der Waals surface area contributed by atoms with E-state index in [2.05, 4.69) is 81.1 Å². The van der Waals surface area contributed by atoms with E-state index in [0.29, 0.717) is 77.2 Å². The monoisotopic (exact) mass is 751 g/mol. The summed E-state index contributed by atoms with van der Waals surface area (Å²) in [5.74, 6) is -0.520. The minimum Gasteiger partial charge on any atom is -0.378 e. The first kappa shape index (κ1) is 41.9. The number of unbranched alkanes of at least 4 members (excludes halogenated alkanes) is 1.